The zero-order chi connectivity index (χ0) is 12.5. The molecule has 0 aromatic heterocycles. The molecule has 0 spiro atoms. The first-order valence-corrected chi connectivity index (χ1v) is 6.17. The average Bonchev–Trinajstić information content (AvgIpc) is 2.38. The molecule has 100 valence electrons. The van der Waals surface area contributed by atoms with Crippen molar-refractivity contribution in [2.75, 3.05) is 39.5 Å². The molecule has 1 heterocycles. The lowest BCUT2D eigenvalue weighted by atomic mass is 10.2. The summed E-state index contributed by atoms with van der Waals surface area (Å²) in [7, 11) is 0. The Morgan fingerprint density at radius 2 is 2.41 bits per heavy atom. The molecule has 17 heavy (non-hydrogen) atoms. The molecular formula is C11H23N3O3. The number of amidine groups is 1. The third-order valence-corrected chi connectivity index (χ3v) is 2.79. The molecule has 0 saturated carbocycles. The summed E-state index contributed by atoms with van der Waals surface area (Å²) in [6.45, 7) is 6.69. The Kier molecular flexibility index (Phi) is 6.91. The third kappa shape index (κ3) is 5.34. The van der Waals surface area contributed by atoms with Gasteiger partial charge in [-0.05, 0) is 6.42 Å². The van der Waals surface area contributed by atoms with E-state index in [4.69, 9.17) is 20.4 Å². The Bertz CT molecular complexity index is 236. The van der Waals surface area contributed by atoms with Gasteiger partial charge in [0.05, 0.1) is 13.2 Å². The van der Waals surface area contributed by atoms with Crippen molar-refractivity contribution in [3.63, 3.8) is 0 Å². The topological polar surface area (TPSA) is 80.3 Å². The largest absolute Gasteiger partial charge is 0.409 e. The number of ether oxygens (including phenoxy) is 2. The number of hydrogen-bond donors (Lipinski definition) is 2. The van der Waals surface area contributed by atoms with Crippen LogP contribution in [0.5, 0.6) is 0 Å². The Morgan fingerprint density at radius 3 is 3.12 bits per heavy atom. The van der Waals surface area contributed by atoms with Gasteiger partial charge in [0.25, 0.3) is 0 Å². The van der Waals surface area contributed by atoms with Crippen molar-refractivity contribution in [1.29, 1.82) is 0 Å². The molecule has 6 nitrogen and oxygen atoms in total. The maximum atomic E-state index is 8.59. The summed E-state index contributed by atoms with van der Waals surface area (Å²) in [6, 6.07) is 0. The molecule has 0 aromatic carbocycles. The van der Waals surface area contributed by atoms with E-state index in [0.29, 0.717) is 13.2 Å². The summed E-state index contributed by atoms with van der Waals surface area (Å²) in [6.07, 6.45) is 1.96. The van der Waals surface area contributed by atoms with Crippen LogP contribution in [0.2, 0.25) is 0 Å². The van der Waals surface area contributed by atoms with Gasteiger partial charge in [0.1, 0.15) is 6.10 Å². The second-order valence-corrected chi connectivity index (χ2v) is 4.15. The van der Waals surface area contributed by atoms with Crippen LogP contribution in [-0.4, -0.2) is 61.5 Å². The highest BCUT2D eigenvalue weighted by molar-refractivity contribution is 5.84. The van der Waals surface area contributed by atoms with Crippen LogP contribution in [0.4, 0.5) is 0 Å². The fourth-order valence-electron chi connectivity index (χ4n) is 1.69. The number of morpholine rings is 1. The monoisotopic (exact) mass is 245 g/mol. The van der Waals surface area contributed by atoms with E-state index in [1.165, 1.54) is 0 Å². The van der Waals surface area contributed by atoms with Crippen LogP contribution in [0.25, 0.3) is 0 Å². The molecule has 0 aliphatic carbocycles. The van der Waals surface area contributed by atoms with Gasteiger partial charge in [-0.25, -0.2) is 0 Å². The van der Waals surface area contributed by atoms with Crippen molar-refractivity contribution in [2.45, 2.75) is 25.9 Å². The van der Waals surface area contributed by atoms with Crippen LogP contribution in [0.15, 0.2) is 5.16 Å². The molecule has 1 rings (SSSR count). The second kappa shape index (κ2) is 8.27. The Hall–Kier alpha value is -0.850. The first kappa shape index (κ1) is 14.2. The Labute approximate surface area is 102 Å². The van der Waals surface area contributed by atoms with Crippen molar-refractivity contribution in [3.05, 3.63) is 0 Å². The summed E-state index contributed by atoms with van der Waals surface area (Å²) in [5.41, 5.74) is 5.52. The number of nitrogens with two attached hydrogens (primary N) is 1. The van der Waals surface area contributed by atoms with Gasteiger partial charge in [-0.3, -0.25) is 4.90 Å². The quantitative estimate of drug-likeness (QED) is 0.221. The highest BCUT2D eigenvalue weighted by Gasteiger charge is 2.23. The summed E-state index contributed by atoms with van der Waals surface area (Å²) >= 11 is 0. The lowest BCUT2D eigenvalue weighted by Crippen LogP contribution is -2.49. The Morgan fingerprint density at radius 1 is 1.59 bits per heavy atom. The summed E-state index contributed by atoms with van der Waals surface area (Å²) in [4.78, 5) is 2.21. The molecule has 0 aromatic rings. The lowest BCUT2D eigenvalue weighted by molar-refractivity contribution is -0.00700. The molecule has 1 unspecified atom stereocenters. The molecule has 0 radical (unpaired) electrons. The number of unbranched alkanes of at least 4 members (excludes halogenated alkanes) is 1. The summed E-state index contributed by atoms with van der Waals surface area (Å²) < 4.78 is 10.9. The maximum Gasteiger partial charge on any atom is 0.169 e. The van der Waals surface area contributed by atoms with Gasteiger partial charge in [0.15, 0.2) is 5.84 Å². The highest BCUT2D eigenvalue weighted by atomic mass is 16.5. The first-order chi connectivity index (χ1) is 8.27. The zero-order valence-electron chi connectivity index (χ0n) is 10.5. The van der Waals surface area contributed by atoms with E-state index in [2.05, 4.69) is 17.0 Å². The van der Waals surface area contributed by atoms with Crippen molar-refractivity contribution >= 4 is 5.84 Å². The number of nitrogens with zero attached hydrogens (tertiary/aromatic N) is 2. The van der Waals surface area contributed by atoms with Crippen LogP contribution >= 0.6 is 0 Å². The van der Waals surface area contributed by atoms with Crippen LogP contribution in [0.3, 0.4) is 0 Å². The normalized spacial score (nSPS) is 22.9. The molecule has 1 fully saturated rings. The predicted molar refractivity (Wildman–Crippen MR) is 65.3 cm³/mol. The summed E-state index contributed by atoms with van der Waals surface area (Å²) in [5, 5.41) is 11.6. The Balaban J connectivity index is 2.16. The second-order valence-electron chi connectivity index (χ2n) is 4.15. The minimum Gasteiger partial charge on any atom is -0.409 e. The fourth-order valence-corrected chi connectivity index (χ4v) is 1.69. The molecule has 3 N–H and O–H groups in total. The van der Waals surface area contributed by atoms with Crippen molar-refractivity contribution in [2.24, 2.45) is 10.9 Å². The van der Waals surface area contributed by atoms with E-state index < -0.39 is 0 Å². The van der Waals surface area contributed by atoms with Gasteiger partial charge in [-0.15, -0.1) is 0 Å². The van der Waals surface area contributed by atoms with Gasteiger partial charge in [-0.2, -0.15) is 0 Å². The van der Waals surface area contributed by atoms with E-state index in [1.807, 2.05) is 0 Å². The fraction of sp³-hybridized carbons (Fsp3) is 0.909. The van der Waals surface area contributed by atoms with Crippen LogP contribution < -0.4 is 5.73 Å². The van der Waals surface area contributed by atoms with Crippen molar-refractivity contribution in [3.8, 4) is 0 Å². The number of rotatable bonds is 7. The van der Waals surface area contributed by atoms with Gasteiger partial charge in [-0.1, -0.05) is 18.5 Å². The molecule has 1 aliphatic heterocycles. The minimum atomic E-state index is -0.301. The van der Waals surface area contributed by atoms with E-state index in [-0.39, 0.29) is 11.9 Å². The first-order valence-electron chi connectivity index (χ1n) is 6.17. The van der Waals surface area contributed by atoms with Crippen molar-refractivity contribution in [1.82, 2.24) is 4.90 Å². The SMILES string of the molecule is CCCCOCCN1CCOC(C(N)=NO)C1. The lowest BCUT2D eigenvalue weighted by Gasteiger charge is -2.31. The standard InChI is InChI=1S/C11H23N3O3/c1-2-3-6-16-7-4-14-5-8-17-10(9-14)11(12)13-15/h10,15H,2-9H2,1H3,(H2,12,13). The van der Waals surface area contributed by atoms with Crippen LogP contribution in [0, 0.1) is 0 Å². The number of oxime groups is 1. The molecule has 1 saturated heterocycles. The average molecular weight is 245 g/mol. The molecule has 0 bridgehead atoms. The molecule has 6 heteroatoms. The molecule has 1 aliphatic rings. The van der Waals surface area contributed by atoms with E-state index >= 15 is 0 Å². The van der Waals surface area contributed by atoms with E-state index in [0.717, 1.165) is 39.1 Å². The summed E-state index contributed by atoms with van der Waals surface area (Å²) in [5.74, 6) is 0.140. The maximum absolute atomic E-state index is 8.59. The zero-order valence-corrected chi connectivity index (χ0v) is 10.5. The highest BCUT2D eigenvalue weighted by Crippen LogP contribution is 2.05. The molecule has 1 atom stereocenters. The van der Waals surface area contributed by atoms with Gasteiger partial charge < -0.3 is 20.4 Å². The van der Waals surface area contributed by atoms with Crippen LogP contribution in [0.1, 0.15) is 19.8 Å². The third-order valence-electron chi connectivity index (χ3n) is 2.79. The van der Waals surface area contributed by atoms with Gasteiger partial charge in [0, 0.05) is 26.2 Å². The smallest absolute Gasteiger partial charge is 0.169 e. The van der Waals surface area contributed by atoms with Gasteiger partial charge >= 0.3 is 0 Å². The van der Waals surface area contributed by atoms with Gasteiger partial charge in [0.2, 0.25) is 0 Å². The number of hydrogen-bond acceptors (Lipinski definition) is 5. The van der Waals surface area contributed by atoms with E-state index in [9.17, 15) is 0 Å². The predicted octanol–water partition coefficient (Wildman–Crippen LogP) is 0.250. The van der Waals surface area contributed by atoms with Crippen molar-refractivity contribution < 1.29 is 14.7 Å². The minimum absolute atomic E-state index is 0.140. The van der Waals surface area contributed by atoms with Crippen LogP contribution in [-0.2, 0) is 9.47 Å². The molecular weight excluding hydrogens is 222 g/mol. The molecule has 0 amide bonds. The van der Waals surface area contributed by atoms with E-state index in [1.54, 1.807) is 0 Å².